The molecule has 1 heterocycles. The largest absolute Gasteiger partial charge is 0.495 e. The molecule has 0 aliphatic carbocycles. The van der Waals surface area contributed by atoms with Gasteiger partial charge in [-0.3, -0.25) is 9.69 Å². The van der Waals surface area contributed by atoms with Gasteiger partial charge >= 0.3 is 0 Å². The van der Waals surface area contributed by atoms with Crippen LogP contribution in [0.3, 0.4) is 0 Å². The van der Waals surface area contributed by atoms with E-state index in [2.05, 4.69) is 0 Å². The number of fused-ring (bicyclic) bond motifs is 1. The van der Waals surface area contributed by atoms with Crippen LogP contribution in [-0.2, 0) is 16.0 Å². The summed E-state index contributed by atoms with van der Waals surface area (Å²) in [6, 6.07) is 3.75. The molecule has 116 valence electrons. The number of hydrogen-bond acceptors (Lipinski definition) is 5. The van der Waals surface area contributed by atoms with E-state index in [4.69, 9.17) is 15.2 Å². The van der Waals surface area contributed by atoms with E-state index in [1.54, 1.807) is 19.1 Å². The van der Waals surface area contributed by atoms with Crippen LogP contribution >= 0.6 is 0 Å². The molecule has 0 fully saturated rings. The average molecular weight is 293 g/mol. The van der Waals surface area contributed by atoms with E-state index in [0.29, 0.717) is 31.1 Å². The Labute approximate surface area is 125 Å². The first-order chi connectivity index (χ1) is 10.1. The molecule has 2 N–H and O–H groups in total. The highest BCUT2D eigenvalue weighted by Crippen LogP contribution is 2.35. The summed E-state index contributed by atoms with van der Waals surface area (Å²) in [4.78, 5) is 16.2. The lowest BCUT2D eigenvalue weighted by molar-refractivity contribution is -0.119. The predicted octanol–water partition coefficient (Wildman–Crippen LogP) is 0.745. The maximum atomic E-state index is 12.4. The van der Waals surface area contributed by atoms with E-state index in [9.17, 15) is 4.79 Å². The fraction of sp³-hybridized carbons (Fsp3) is 0.533. The van der Waals surface area contributed by atoms with Crippen molar-refractivity contribution in [3.8, 4) is 5.75 Å². The van der Waals surface area contributed by atoms with E-state index in [0.717, 1.165) is 24.2 Å². The van der Waals surface area contributed by atoms with Gasteiger partial charge in [-0.05, 0) is 31.2 Å². The summed E-state index contributed by atoms with van der Waals surface area (Å²) >= 11 is 0. The normalized spacial score (nSPS) is 13.6. The zero-order valence-electron chi connectivity index (χ0n) is 12.9. The van der Waals surface area contributed by atoms with E-state index in [1.165, 1.54) is 0 Å². The van der Waals surface area contributed by atoms with E-state index >= 15 is 0 Å². The standard InChI is InChI=1S/C15H23N3O3/c1-17(6-7-20-2)10-15(19)18-5-4-11-8-14(21-3)12(16)9-13(11)18/h8-9H,4-7,10,16H2,1-3H3. The Balaban J connectivity index is 2.08. The van der Waals surface area contributed by atoms with Gasteiger partial charge in [0.25, 0.3) is 0 Å². The number of amides is 1. The van der Waals surface area contributed by atoms with Crippen molar-refractivity contribution in [3.63, 3.8) is 0 Å². The summed E-state index contributed by atoms with van der Waals surface area (Å²) in [6.45, 7) is 2.41. The number of ether oxygens (including phenoxy) is 2. The lowest BCUT2D eigenvalue weighted by Crippen LogP contribution is -2.39. The number of carbonyl (C=O) groups excluding carboxylic acids is 1. The Morgan fingerprint density at radius 1 is 1.43 bits per heavy atom. The van der Waals surface area contributed by atoms with E-state index in [1.807, 2.05) is 24.1 Å². The number of anilines is 2. The van der Waals surface area contributed by atoms with Crippen LogP contribution in [-0.4, -0.2) is 58.3 Å². The minimum Gasteiger partial charge on any atom is -0.495 e. The Hall–Kier alpha value is -1.79. The molecule has 0 unspecified atom stereocenters. The minimum atomic E-state index is 0.0805. The first-order valence-electron chi connectivity index (χ1n) is 7.01. The van der Waals surface area contributed by atoms with Gasteiger partial charge in [0.15, 0.2) is 0 Å². The van der Waals surface area contributed by atoms with Crippen molar-refractivity contribution in [2.75, 3.05) is 58.1 Å². The smallest absolute Gasteiger partial charge is 0.241 e. The molecule has 2 rings (SSSR count). The predicted molar refractivity (Wildman–Crippen MR) is 82.8 cm³/mol. The van der Waals surface area contributed by atoms with Gasteiger partial charge < -0.3 is 20.1 Å². The molecule has 21 heavy (non-hydrogen) atoms. The highest BCUT2D eigenvalue weighted by molar-refractivity contribution is 5.97. The van der Waals surface area contributed by atoms with Crippen molar-refractivity contribution >= 4 is 17.3 Å². The Morgan fingerprint density at radius 3 is 2.86 bits per heavy atom. The molecule has 0 saturated heterocycles. The van der Waals surface area contributed by atoms with E-state index in [-0.39, 0.29) is 5.91 Å². The van der Waals surface area contributed by atoms with Gasteiger partial charge in [-0.15, -0.1) is 0 Å². The monoisotopic (exact) mass is 293 g/mol. The van der Waals surface area contributed by atoms with Crippen molar-refractivity contribution in [2.24, 2.45) is 0 Å². The van der Waals surface area contributed by atoms with Gasteiger partial charge in [-0.25, -0.2) is 0 Å². The van der Waals surface area contributed by atoms with Gasteiger partial charge in [0.1, 0.15) is 5.75 Å². The number of carbonyl (C=O) groups is 1. The number of hydrogen-bond donors (Lipinski definition) is 1. The van der Waals surface area contributed by atoms with Crippen LogP contribution in [0.15, 0.2) is 12.1 Å². The average Bonchev–Trinajstić information content (AvgIpc) is 2.86. The molecule has 0 aromatic heterocycles. The van der Waals surface area contributed by atoms with Gasteiger partial charge in [0.2, 0.25) is 5.91 Å². The topological polar surface area (TPSA) is 68.0 Å². The summed E-state index contributed by atoms with van der Waals surface area (Å²) in [5, 5.41) is 0. The highest BCUT2D eigenvalue weighted by atomic mass is 16.5. The number of nitrogen functional groups attached to an aromatic ring is 1. The fourth-order valence-corrected chi connectivity index (χ4v) is 2.51. The maximum absolute atomic E-state index is 12.4. The van der Waals surface area contributed by atoms with Gasteiger partial charge in [-0.2, -0.15) is 0 Å². The maximum Gasteiger partial charge on any atom is 0.241 e. The molecule has 0 bridgehead atoms. The van der Waals surface area contributed by atoms with Crippen molar-refractivity contribution in [1.82, 2.24) is 4.90 Å². The number of methoxy groups -OCH3 is 2. The Bertz CT molecular complexity index is 519. The lowest BCUT2D eigenvalue weighted by Gasteiger charge is -2.22. The third-order valence-electron chi connectivity index (χ3n) is 3.71. The second-order valence-electron chi connectivity index (χ2n) is 5.25. The molecule has 0 radical (unpaired) electrons. The van der Waals surface area contributed by atoms with Gasteiger partial charge in [0, 0.05) is 25.9 Å². The Morgan fingerprint density at radius 2 is 2.19 bits per heavy atom. The van der Waals surface area contributed by atoms with Gasteiger partial charge in [0.05, 0.1) is 25.9 Å². The molecule has 1 aromatic carbocycles. The molecule has 1 amide bonds. The molecule has 0 saturated carbocycles. The van der Waals surface area contributed by atoms with Crippen LogP contribution in [0, 0.1) is 0 Å². The molecule has 0 spiro atoms. The number of rotatable bonds is 6. The molecule has 1 aliphatic heterocycles. The van der Waals surface area contributed by atoms with Crippen LogP contribution < -0.4 is 15.4 Å². The van der Waals surface area contributed by atoms with Crippen LogP contribution in [0.2, 0.25) is 0 Å². The van der Waals surface area contributed by atoms with Crippen LogP contribution in [0.5, 0.6) is 5.75 Å². The number of nitrogens with two attached hydrogens (primary N) is 1. The van der Waals surface area contributed by atoms with Crippen LogP contribution in [0.25, 0.3) is 0 Å². The molecule has 6 heteroatoms. The highest BCUT2D eigenvalue weighted by Gasteiger charge is 2.26. The molecule has 1 aliphatic rings. The van der Waals surface area contributed by atoms with Crippen LogP contribution in [0.4, 0.5) is 11.4 Å². The molecule has 1 aromatic rings. The second kappa shape index (κ2) is 6.78. The third-order valence-corrected chi connectivity index (χ3v) is 3.71. The summed E-state index contributed by atoms with van der Waals surface area (Å²) in [5.41, 5.74) is 8.51. The fourth-order valence-electron chi connectivity index (χ4n) is 2.51. The quantitative estimate of drug-likeness (QED) is 0.784. The molecule has 0 atom stereocenters. The number of likely N-dealkylation sites (N-methyl/N-ethyl adjacent to an activating group) is 1. The van der Waals surface area contributed by atoms with Gasteiger partial charge in [-0.1, -0.05) is 0 Å². The van der Waals surface area contributed by atoms with E-state index < -0.39 is 0 Å². The third kappa shape index (κ3) is 3.46. The first-order valence-corrected chi connectivity index (χ1v) is 7.01. The zero-order chi connectivity index (χ0) is 15.4. The number of benzene rings is 1. The molecular formula is C15H23N3O3. The van der Waals surface area contributed by atoms with Crippen molar-refractivity contribution < 1.29 is 14.3 Å². The summed E-state index contributed by atoms with van der Waals surface area (Å²) in [6.07, 6.45) is 0.833. The molecular weight excluding hydrogens is 270 g/mol. The first kappa shape index (κ1) is 15.6. The second-order valence-corrected chi connectivity index (χ2v) is 5.25. The summed E-state index contributed by atoms with van der Waals surface area (Å²) < 4.78 is 10.2. The lowest BCUT2D eigenvalue weighted by atomic mass is 10.1. The SMILES string of the molecule is COCCN(C)CC(=O)N1CCc2cc(OC)c(N)cc21. The minimum absolute atomic E-state index is 0.0805. The van der Waals surface area contributed by atoms with Crippen LogP contribution in [0.1, 0.15) is 5.56 Å². The Kier molecular flexibility index (Phi) is 5.03. The zero-order valence-corrected chi connectivity index (χ0v) is 12.9. The van der Waals surface area contributed by atoms with Crippen molar-refractivity contribution in [1.29, 1.82) is 0 Å². The number of nitrogens with zero attached hydrogens (tertiary/aromatic N) is 2. The van der Waals surface area contributed by atoms with Crippen molar-refractivity contribution in [2.45, 2.75) is 6.42 Å². The van der Waals surface area contributed by atoms with Crippen molar-refractivity contribution in [3.05, 3.63) is 17.7 Å². The molecule has 6 nitrogen and oxygen atoms in total. The summed E-state index contributed by atoms with van der Waals surface area (Å²) in [5.74, 6) is 0.747. The summed E-state index contributed by atoms with van der Waals surface area (Å²) in [7, 11) is 5.17.